The van der Waals surface area contributed by atoms with E-state index in [9.17, 15) is 4.79 Å². The SMILES string of the molecule is COc1ccc(C(CNC(=O)CN2CCN(Cc3ccccc3)CC2)N2CCCC2)cc1. The zero-order chi connectivity index (χ0) is 22.2. The molecule has 2 aromatic carbocycles. The number of nitrogens with zero attached hydrogens (tertiary/aromatic N) is 3. The number of rotatable bonds is 9. The normalized spacial score (nSPS) is 19.0. The first-order valence-electron chi connectivity index (χ1n) is 11.8. The first kappa shape index (κ1) is 22.8. The average molecular weight is 437 g/mol. The summed E-state index contributed by atoms with van der Waals surface area (Å²) in [7, 11) is 1.69. The molecule has 4 rings (SSSR count). The minimum absolute atomic E-state index is 0.124. The largest absolute Gasteiger partial charge is 0.497 e. The second kappa shape index (κ2) is 11.5. The summed E-state index contributed by atoms with van der Waals surface area (Å²) in [5.41, 5.74) is 2.59. The third kappa shape index (κ3) is 6.31. The third-order valence-electron chi connectivity index (χ3n) is 6.66. The smallest absolute Gasteiger partial charge is 0.234 e. The Morgan fingerprint density at radius 3 is 2.22 bits per heavy atom. The zero-order valence-electron chi connectivity index (χ0n) is 19.2. The summed E-state index contributed by atoms with van der Waals surface area (Å²) in [6.07, 6.45) is 2.46. The van der Waals surface area contributed by atoms with Crippen LogP contribution in [0.3, 0.4) is 0 Å². The van der Waals surface area contributed by atoms with Gasteiger partial charge in [-0.1, -0.05) is 42.5 Å². The van der Waals surface area contributed by atoms with E-state index in [1.54, 1.807) is 7.11 Å². The molecular weight excluding hydrogens is 400 g/mol. The summed E-state index contributed by atoms with van der Waals surface area (Å²) in [4.78, 5) is 20.0. The molecule has 6 nitrogen and oxygen atoms in total. The second-order valence-corrected chi connectivity index (χ2v) is 8.87. The van der Waals surface area contributed by atoms with Crippen molar-refractivity contribution in [2.24, 2.45) is 0 Å². The quantitative estimate of drug-likeness (QED) is 0.655. The average Bonchev–Trinajstić information content (AvgIpc) is 3.36. The van der Waals surface area contributed by atoms with Crippen LogP contribution in [0.1, 0.15) is 30.0 Å². The number of nitrogens with one attached hydrogen (secondary N) is 1. The van der Waals surface area contributed by atoms with Gasteiger partial charge in [-0.3, -0.25) is 19.5 Å². The predicted molar refractivity (Wildman–Crippen MR) is 128 cm³/mol. The number of piperazine rings is 1. The van der Waals surface area contributed by atoms with Crippen LogP contribution in [0.15, 0.2) is 54.6 Å². The fourth-order valence-corrected chi connectivity index (χ4v) is 4.75. The molecule has 0 saturated carbocycles. The number of ether oxygens (including phenoxy) is 1. The van der Waals surface area contributed by atoms with E-state index in [-0.39, 0.29) is 11.9 Å². The molecule has 2 aliphatic heterocycles. The molecule has 2 saturated heterocycles. The lowest BCUT2D eigenvalue weighted by Crippen LogP contribution is -2.49. The Kier molecular flexibility index (Phi) is 8.15. The Hall–Kier alpha value is -2.41. The van der Waals surface area contributed by atoms with Crippen molar-refractivity contribution < 1.29 is 9.53 Å². The number of amides is 1. The van der Waals surface area contributed by atoms with Crippen LogP contribution in [-0.2, 0) is 11.3 Å². The summed E-state index contributed by atoms with van der Waals surface area (Å²) < 4.78 is 5.31. The standard InChI is InChI=1S/C26H36N4O2/c1-32-24-11-9-23(10-12-24)25(30-13-5-6-14-30)19-27-26(31)21-29-17-15-28(16-18-29)20-22-7-3-2-4-8-22/h2-4,7-12,25H,5-6,13-21H2,1H3,(H,27,31). The maximum atomic E-state index is 12.7. The van der Waals surface area contributed by atoms with Gasteiger partial charge in [-0.05, 0) is 49.2 Å². The molecule has 6 heteroatoms. The minimum Gasteiger partial charge on any atom is -0.497 e. The Bertz CT molecular complexity index is 829. The van der Waals surface area contributed by atoms with E-state index in [2.05, 4.69) is 62.5 Å². The van der Waals surface area contributed by atoms with Crippen LogP contribution < -0.4 is 10.1 Å². The number of carbonyl (C=O) groups excluding carboxylic acids is 1. The highest BCUT2D eigenvalue weighted by Gasteiger charge is 2.25. The van der Waals surface area contributed by atoms with Crippen LogP contribution in [-0.4, -0.2) is 80.1 Å². The Morgan fingerprint density at radius 2 is 1.56 bits per heavy atom. The molecule has 0 aromatic heterocycles. The van der Waals surface area contributed by atoms with Gasteiger partial charge < -0.3 is 10.1 Å². The molecule has 1 amide bonds. The van der Waals surface area contributed by atoms with Gasteiger partial charge in [0.05, 0.1) is 19.7 Å². The van der Waals surface area contributed by atoms with Crippen LogP contribution in [0, 0.1) is 0 Å². The van der Waals surface area contributed by atoms with Gasteiger partial charge in [-0.15, -0.1) is 0 Å². The number of carbonyl (C=O) groups is 1. The molecule has 1 atom stereocenters. The Balaban J connectivity index is 1.24. The summed E-state index contributed by atoms with van der Waals surface area (Å²) in [6.45, 7) is 8.19. The first-order chi connectivity index (χ1) is 15.7. The second-order valence-electron chi connectivity index (χ2n) is 8.87. The van der Waals surface area contributed by atoms with Gasteiger partial charge >= 0.3 is 0 Å². The number of likely N-dealkylation sites (tertiary alicyclic amines) is 1. The van der Waals surface area contributed by atoms with Crippen molar-refractivity contribution in [3.63, 3.8) is 0 Å². The molecule has 1 unspecified atom stereocenters. The molecule has 0 aliphatic carbocycles. The summed E-state index contributed by atoms with van der Waals surface area (Å²) >= 11 is 0. The van der Waals surface area contributed by atoms with Crippen molar-refractivity contribution >= 4 is 5.91 Å². The number of methoxy groups -OCH3 is 1. The maximum absolute atomic E-state index is 12.7. The van der Waals surface area contributed by atoms with E-state index in [0.29, 0.717) is 13.1 Å². The lowest BCUT2D eigenvalue weighted by atomic mass is 10.1. The van der Waals surface area contributed by atoms with Gasteiger partial charge in [0.2, 0.25) is 5.91 Å². The van der Waals surface area contributed by atoms with Gasteiger partial charge in [-0.2, -0.15) is 0 Å². The zero-order valence-corrected chi connectivity index (χ0v) is 19.2. The van der Waals surface area contributed by atoms with Gasteiger partial charge in [0.25, 0.3) is 0 Å². The van der Waals surface area contributed by atoms with Gasteiger partial charge in [0.15, 0.2) is 0 Å². The van der Waals surface area contributed by atoms with E-state index >= 15 is 0 Å². The fourth-order valence-electron chi connectivity index (χ4n) is 4.75. The van der Waals surface area contributed by atoms with Crippen molar-refractivity contribution in [3.05, 3.63) is 65.7 Å². The van der Waals surface area contributed by atoms with E-state index in [0.717, 1.165) is 51.6 Å². The van der Waals surface area contributed by atoms with Crippen LogP contribution in [0.4, 0.5) is 0 Å². The molecule has 2 heterocycles. The molecule has 2 aromatic rings. The maximum Gasteiger partial charge on any atom is 0.234 e. The number of hydrogen-bond acceptors (Lipinski definition) is 5. The summed E-state index contributed by atoms with van der Waals surface area (Å²) in [6, 6.07) is 19.1. The Labute approximate surface area is 192 Å². The van der Waals surface area contributed by atoms with Crippen LogP contribution in [0.25, 0.3) is 0 Å². The van der Waals surface area contributed by atoms with Crippen molar-refractivity contribution in [2.75, 3.05) is 59.5 Å². The molecule has 2 aliphatic rings. The van der Waals surface area contributed by atoms with Crippen molar-refractivity contribution in [2.45, 2.75) is 25.4 Å². The number of benzene rings is 2. The number of hydrogen-bond donors (Lipinski definition) is 1. The van der Waals surface area contributed by atoms with Gasteiger partial charge in [0.1, 0.15) is 5.75 Å². The lowest BCUT2D eigenvalue weighted by Gasteiger charge is -2.34. The topological polar surface area (TPSA) is 48.1 Å². The van der Waals surface area contributed by atoms with Crippen LogP contribution in [0.2, 0.25) is 0 Å². The van der Waals surface area contributed by atoms with E-state index in [4.69, 9.17) is 4.74 Å². The molecule has 0 bridgehead atoms. The highest BCUT2D eigenvalue weighted by molar-refractivity contribution is 5.78. The third-order valence-corrected chi connectivity index (χ3v) is 6.66. The predicted octanol–water partition coefficient (Wildman–Crippen LogP) is 2.77. The summed E-state index contributed by atoms with van der Waals surface area (Å²) in [5.74, 6) is 0.989. The van der Waals surface area contributed by atoms with Crippen LogP contribution >= 0.6 is 0 Å². The van der Waals surface area contributed by atoms with E-state index in [1.165, 1.54) is 24.0 Å². The van der Waals surface area contributed by atoms with Crippen molar-refractivity contribution in [1.29, 1.82) is 0 Å². The summed E-state index contributed by atoms with van der Waals surface area (Å²) in [5, 5.41) is 3.22. The molecule has 1 N–H and O–H groups in total. The molecule has 172 valence electrons. The van der Waals surface area contributed by atoms with Crippen LogP contribution in [0.5, 0.6) is 5.75 Å². The lowest BCUT2D eigenvalue weighted by molar-refractivity contribution is -0.122. The highest BCUT2D eigenvalue weighted by atomic mass is 16.5. The van der Waals surface area contributed by atoms with E-state index < -0.39 is 0 Å². The van der Waals surface area contributed by atoms with Crippen molar-refractivity contribution in [3.8, 4) is 5.75 Å². The highest BCUT2D eigenvalue weighted by Crippen LogP contribution is 2.26. The first-order valence-corrected chi connectivity index (χ1v) is 11.8. The molecular formula is C26H36N4O2. The van der Waals surface area contributed by atoms with Gasteiger partial charge in [0, 0.05) is 39.3 Å². The molecule has 0 radical (unpaired) electrons. The molecule has 32 heavy (non-hydrogen) atoms. The van der Waals surface area contributed by atoms with Crippen molar-refractivity contribution in [1.82, 2.24) is 20.0 Å². The molecule has 0 spiro atoms. The Morgan fingerprint density at radius 1 is 0.906 bits per heavy atom. The fraction of sp³-hybridized carbons (Fsp3) is 0.500. The van der Waals surface area contributed by atoms with Gasteiger partial charge in [-0.25, -0.2) is 0 Å². The minimum atomic E-state index is 0.124. The monoisotopic (exact) mass is 436 g/mol. The van der Waals surface area contributed by atoms with E-state index in [1.807, 2.05) is 12.1 Å². The molecule has 2 fully saturated rings.